The molecule has 2 rings (SSSR count). The molecule has 1 atom stereocenters. The third kappa shape index (κ3) is 4.28. The lowest BCUT2D eigenvalue weighted by atomic mass is 10.1. The smallest absolute Gasteiger partial charge is 0.222 e. The van der Waals surface area contributed by atoms with E-state index >= 15 is 0 Å². The van der Waals surface area contributed by atoms with Crippen LogP contribution >= 0.6 is 0 Å². The summed E-state index contributed by atoms with van der Waals surface area (Å²) in [5, 5.41) is 12.7. The van der Waals surface area contributed by atoms with Gasteiger partial charge in [0.1, 0.15) is 5.76 Å². The summed E-state index contributed by atoms with van der Waals surface area (Å²) >= 11 is 0. The highest BCUT2D eigenvalue weighted by Crippen LogP contribution is 2.17. The van der Waals surface area contributed by atoms with E-state index in [-0.39, 0.29) is 18.6 Å². The number of nitrogens with zero attached hydrogens (tertiary/aromatic N) is 2. The number of likely N-dealkylation sites (tertiary alicyclic amines) is 1. The number of aromatic nitrogens is 1. The van der Waals surface area contributed by atoms with Gasteiger partial charge in [0.05, 0.1) is 25.0 Å². The van der Waals surface area contributed by atoms with Gasteiger partial charge >= 0.3 is 0 Å². The van der Waals surface area contributed by atoms with Gasteiger partial charge in [0, 0.05) is 25.1 Å². The number of ether oxygens (including phenoxy) is 1. The highest BCUT2D eigenvalue weighted by atomic mass is 16.5. The average molecular weight is 296 g/mol. The normalized spacial score (nSPS) is 19.0. The fraction of sp³-hybridized carbons (Fsp3) is 0.733. The molecule has 1 aromatic heterocycles. The number of carbonyl (C=O) groups excluding carboxylic acids is 1. The van der Waals surface area contributed by atoms with E-state index in [2.05, 4.69) is 5.16 Å². The SMILES string of the molecule is Cc1noc(C)c1CCC(=O)N1CCC[C@H](OCCO)C1. The number of amides is 1. The molecule has 1 aliphatic rings. The minimum absolute atomic E-state index is 0.0243. The molecule has 6 heteroatoms. The number of hydrogen-bond acceptors (Lipinski definition) is 5. The van der Waals surface area contributed by atoms with Crippen molar-refractivity contribution in [3.05, 3.63) is 17.0 Å². The van der Waals surface area contributed by atoms with Crippen LogP contribution in [-0.2, 0) is 16.0 Å². The molecule has 1 saturated heterocycles. The summed E-state index contributed by atoms with van der Waals surface area (Å²) in [5.74, 6) is 0.940. The van der Waals surface area contributed by atoms with E-state index < -0.39 is 0 Å². The molecule has 1 N–H and O–H groups in total. The van der Waals surface area contributed by atoms with Crippen LogP contribution in [0.5, 0.6) is 0 Å². The third-order valence-corrected chi connectivity index (χ3v) is 3.95. The molecule has 6 nitrogen and oxygen atoms in total. The number of aliphatic hydroxyl groups excluding tert-OH is 1. The lowest BCUT2D eigenvalue weighted by Crippen LogP contribution is -2.43. The molecule has 0 spiro atoms. The van der Waals surface area contributed by atoms with Gasteiger partial charge in [-0.3, -0.25) is 4.79 Å². The minimum Gasteiger partial charge on any atom is -0.394 e. The van der Waals surface area contributed by atoms with Crippen LogP contribution in [0.2, 0.25) is 0 Å². The third-order valence-electron chi connectivity index (χ3n) is 3.95. The van der Waals surface area contributed by atoms with E-state index in [0.29, 0.717) is 26.0 Å². The van der Waals surface area contributed by atoms with Gasteiger partial charge in [-0.05, 0) is 33.1 Å². The van der Waals surface area contributed by atoms with E-state index in [1.807, 2.05) is 18.7 Å². The van der Waals surface area contributed by atoms with Crippen molar-refractivity contribution in [2.24, 2.45) is 0 Å². The van der Waals surface area contributed by atoms with Crippen LogP contribution in [0, 0.1) is 13.8 Å². The summed E-state index contributed by atoms with van der Waals surface area (Å²) in [4.78, 5) is 14.2. The molecule has 1 aromatic rings. The van der Waals surface area contributed by atoms with E-state index in [4.69, 9.17) is 14.4 Å². The minimum atomic E-state index is 0.0243. The second-order valence-corrected chi connectivity index (χ2v) is 5.50. The van der Waals surface area contributed by atoms with Gasteiger partial charge in [-0.1, -0.05) is 5.16 Å². The van der Waals surface area contributed by atoms with Crippen LogP contribution in [0.4, 0.5) is 0 Å². The van der Waals surface area contributed by atoms with Crippen LogP contribution < -0.4 is 0 Å². The first kappa shape index (κ1) is 16.0. The maximum Gasteiger partial charge on any atom is 0.222 e. The molecular weight excluding hydrogens is 272 g/mol. The lowest BCUT2D eigenvalue weighted by molar-refractivity contribution is -0.135. The van der Waals surface area contributed by atoms with Crippen LogP contribution in [0.3, 0.4) is 0 Å². The van der Waals surface area contributed by atoms with Gasteiger partial charge in [-0.25, -0.2) is 0 Å². The first-order valence-corrected chi connectivity index (χ1v) is 7.53. The fourth-order valence-electron chi connectivity index (χ4n) is 2.77. The van der Waals surface area contributed by atoms with Gasteiger partial charge in [0.25, 0.3) is 0 Å². The Morgan fingerprint density at radius 3 is 3.00 bits per heavy atom. The topological polar surface area (TPSA) is 75.8 Å². The Hall–Kier alpha value is -1.40. The van der Waals surface area contributed by atoms with Crippen LogP contribution in [0.15, 0.2) is 4.52 Å². The number of aliphatic hydroxyl groups is 1. The highest BCUT2D eigenvalue weighted by Gasteiger charge is 2.24. The molecule has 1 amide bonds. The number of aryl methyl sites for hydroxylation is 2. The lowest BCUT2D eigenvalue weighted by Gasteiger charge is -2.32. The van der Waals surface area contributed by atoms with E-state index in [1.165, 1.54) is 0 Å². The van der Waals surface area contributed by atoms with Crippen molar-refractivity contribution in [2.45, 2.75) is 45.6 Å². The Kier molecular flexibility index (Phi) is 5.76. The van der Waals surface area contributed by atoms with Crippen LogP contribution in [0.25, 0.3) is 0 Å². The standard InChI is InChI=1S/C15H24N2O4/c1-11-14(12(2)21-16-11)5-6-15(19)17-7-3-4-13(10-17)20-9-8-18/h13,18H,3-10H2,1-2H3/t13-/m0/s1. The molecule has 0 aliphatic carbocycles. The zero-order valence-electron chi connectivity index (χ0n) is 12.8. The molecular formula is C15H24N2O4. The Morgan fingerprint density at radius 1 is 1.52 bits per heavy atom. The van der Waals surface area contributed by atoms with E-state index in [9.17, 15) is 4.79 Å². The average Bonchev–Trinajstić information content (AvgIpc) is 2.82. The Morgan fingerprint density at radius 2 is 2.33 bits per heavy atom. The maximum absolute atomic E-state index is 12.3. The van der Waals surface area contributed by atoms with Crippen LogP contribution in [0.1, 0.15) is 36.3 Å². The Balaban J connectivity index is 1.82. The van der Waals surface area contributed by atoms with Gasteiger partial charge in [-0.2, -0.15) is 0 Å². The molecule has 0 aromatic carbocycles. The van der Waals surface area contributed by atoms with Crippen molar-refractivity contribution in [1.29, 1.82) is 0 Å². The molecule has 1 fully saturated rings. The van der Waals surface area contributed by atoms with E-state index in [0.717, 1.165) is 36.4 Å². The first-order chi connectivity index (χ1) is 10.1. The molecule has 2 heterocycles. The van der Waals surface area contributed by atoms with Crippen molar-refractivity contribution in [1.82, 2.24) is 10.1 Å². The number of hydrogen-bond donors (Lipinski definition) is 1. The van der Waals surface area contributed by atoms with Crippen molar-refractivity contribution in [3.8, 4) is 0 Å². The molecule has 1 aliphatic heterocycles. The highest BCUT2D eigenvalue weighted by molar-refractivity contribution is 5.76. The maximum atomic E-state index is 12.3. The molecule has 0 bridgehead atoms. The predicted octanol–water partition coefficient (Wildman–Crippen LogP) is 1.22. The predicted molar refractivity (Wildman–Crippen MR) is 76.9 cm³/mol. The molecule has 0 saturated carbocycles. The molecule has 0 unspecified atom stereocenters. The molecule has 21 heavy (non-hydrogen) atoms. The largest absolute Gasteiger partial charge is 0.394 e. The number of piperidine rings is 1. The molecule has 118 valence electrons. The van der Waals surface area contributed by atoms with Gasteiger partial charge in [0.15, 0.2) is 0 Å². The fourth-order valence-corrected chi connectivity index (χ4v) is 2.77. The summed E-state index contributed by atoms with van der Waals surface area (Å²) < 4.78 is 10.6. The van der Waals surface area contributed by atoms with Crippen molar-refractivity contribution in [3.63, 3.8) is 0 Å². The van der Waals surface area contributed by atoms with E-state index in [1.54, 1.807) is 0 Å². The summed E-state index contributed by atoms with van der Waals surface area (Å²) in [5.41, 5.74) is 1.90. The number of carbonyl (C=O) groups is 1. The Bertz CT molecular complexity index is 453. The zero-order valence-corrected chi connectivity index (χ0v) is 12.8. The monoisotopic (exact) mass is 296 g/mol. The van der Waals surface area contributed by atoms with Gasteiger partial charge in [-0.15, -0.1) is 0 Å². The Labute approximate surface area is 125 Å². The summed E-state index contributed by atoms with van der Waals surface area (Å²) in [6.45, 7) is 5.55. The zero-order chi connectivity index (χ0) is 15.2. The molecule has 0 radical (unpaired) electrons. The van der Waals surface area contributed by atoms with Crippen molar-refractivity contribution in [2.75, 3.05) is 26.3 Å². The first-order valence-electron chi connectivity index (χ1n) is 7.53. The summed E-state index contributed by atoms with van der Waals surface area (Å²) in [6.07, 6.45) is 3.09. The van der Waals surface area contributed by atoms with Crippen molar-refractivity contribution < 1.29 is 19.2 Å². The summed E-state index contributed by atoms with van der Waals surface area (Å²) in [6, 6.07) is 0. The number of rotatable bonds is 6. The quantitative estimate of drug-likeness (QED) is 0.854. The van der Waals surface area contributed by atoms with Gasteiger partial charge < -0.3 is 19.3 Å². The second-order valence-electron chi connectivity index (χ2n) is 5.50. The summed E-state index contributed by atoms with van der Waals surface area (Å²) in [7, 11) is 0. The van der Waals surface area contributed by atoms with Gasteiger partial charge in [0.2, 0.25) is 5.91 Å². The van der Waals surface area contributed by atoms with Crippen molar-refractivity contribution >= 4 is 5.91 Å². The second kappa shape index (κ2) is 7.56. The van der Waals surface area contributed by atoms with Crippen LogP contribution in [-0.4, -0.2) is 53.5 Å².